The Bertz CT molecular complexity index is 433. The van der Waals surface area contributed by atoms with Gasteiger partial charge in [-0.3, -0.25) is 4.98 Å². The number of nitrogen functional groups attached to an aromatic ring is 1. The monoisotopic (exact) mass is 202 g/mol. The molecule has 2 heteroatoms. The van der Waals surface area contributed by atoms with E-state index in [2.05, 4.69) is 13.8 Å². The fourth-order valence-corrected chi connectivity index (χ4v) is 3.02. The van der Waals surface area contributed by atoms with Crippen molar-refractivity contribution in [3.8, 4) is 0 Å². The van der Waals surface area contributed by atoms with E-state index in [-0.39, 0.29) is 5.41 Å². The number of hydrogen-bond donors (Lipinski definition) is 1. The Kier molecular flexibility index (Phi) is 1.68. The molecule has 2 aliphatic carbocycles. The zero-order chi connectivity index (χ0) is 10.6. The highest BCUT2D eigenvalue weighted by Gasteiger charge is 2.35. The van der Waals surface area contributed by atoms with Gasteiger partial charge in [0.15, 0.2) is 0 Å². The zero-order valence-electron chi connectivity index (χ0n) is 9.56. The molecule has 0 saturated heterocycles. The van der Waals surface area contributed by atoms with Gasteiger partial charge in [0, 0.05) is 16.8 Å². The molecule has 3 rings (SSSR count). The summed E-state index contributed by atoms with van der Waals surface area (Å²) in [4.78, 5) is 4.87. The van der Waals surface area contributed by atoms with Crippen molar-refractivity contribution in [3.63, 3.8) is 0 Å². The van der Waals surface area contributed by atoms with Gasteiger partial charge in [0.2, 0.25) is 0 Å². The van der Waals surface area contributed by atoms with E-state index in [9.17, 15) is 0 Å². The van der Waals surface area contributed by atoms with Crippen molar-refractivity contribution in [1.82, 2.24) is 4.98 Å². The average molecular weight is 202 g/mol. The predicted molar refractivity (Wildman–Crippen MR) is 62.0 cm³/mol. The number of aryl methyl sites for hydroxylation is 1. The fourth-order valence-electron chi connectivity index (χ4n) is 3.02. The van der Waals surface area contributed by atoms with E-state index in [1.807, 2.05) is 0 Å². The summed E-state index contributed by atoms with van der Waals surface area (Å²) in [5, 5.41) is 0. The fraction of sp³-hybridized carbons (Fsp3) is 0.615. The Balaban J connectivity index is 2.26. The van der Waals surface area contributed by atoms with Crippen molar-refractivity contribution in [2.24, 2.45) is 0 Å². The molecule has 80 valence electrons. The summed E-state index contributed by atoms with van der Waals surface area (Å²) >= 11 is 0. The van der Waals surface area contributed by atoms with Gasteiger partial charge in [-0.05, 0) is 43.2 Å². The molecule has 0 saturated carbocycles. The Hall–Kier alpha value is -1.05. The Morgan fingerprint density at radius 2 is 1.93 bits per heavy atom. The summed E-state index contributed by atoms with van der Waals surface area (Å²) < 4.78 is 0. The summed E-state index contributed by atoms with van der Waals surface area (Å²) in [5.41, 5.74) is 12.8. The molecule has 0 bridgehead atoms. The van der Waals surface area contributed by atoms with Gasteiger partial charge in [-0.2, -0.15) is 0 Å². The maximum atomic E-state index is 6.27. The first-order chi connectivity index (χ1) is 7.09. The first-order valence-corrected chi connectivity index (χ1v) is 5.90. The lowest BCUT2D eigenvalue weighted by Crippen LogP contribution is -2.15. The van der Waals surface area contributed by atoms with E-state index < -0.39 is 0 Å². The first-order valence-electron chi connectivity index (χ1n) is 5.90. The first kappa shape index (κ1) is 9.20. The van der Waals surface area contributed by atoms with Crippen LogP contribution >= 0.6 is 0 Å². The maximum Gasteiger partial charge on any atom is 0.0515 e. The minimum atomic E-state index is 0.237. The summed E-state index contributed by atoms with van der Waals surface area (Å²) in [6.07, 6.45) is 5.82. The van der Waals surface area contributed by atoms with E-state index >= 15 is 0 Å². The van der Waals surface area contributed by atoms with Crippen LogP contribution in [0.2, 0.25) is 0 Å². The second-order valence-corrected chi connectivity index (χ2v) is 5.52. The number of pyridine rings is 1. The summed E-state index contributed by atoms with van der Waals surface area (Å²) in [6, 6.07) is 0. The Morgan fingerprint density at radius 3 is 2.73 bits per heavy atom. The van der Waals surface area contributed by atoms with Crippen LogP contribution in [0.1, 0.15) is 49.2 Å². The molecular weight excluding hydrogens is 184 g/mol. The third-order valence-corrected chi connectivity index (χ3v) is 4.01. The number of nitrogens with zero attached hydrogens (tertiary/aromatic N) is 1. The number of anilines is 1. The van der Waals surface area contributed by atoms with Gasteiger partial charge < -0.3 is 5.73 Å². The van der Waals surface area contributed by atoms with Crippen molar-refractivity contribution in [3.05, 3.63) is 22.5 Å². The number of fused-ring (bicyclic) bond motifs is 2. The van der Waals surface area contributed by atoms with Gasteiger partial charge in [0.25, 0.3) is 0 Å². The second-order valence-electron chi connectivity index (χ2n) is 5.52. The molecule has 15 heavy (non-hydrogen) atoms. The molecule has 0 atom stereocenters. The van der Waals surface area contributed by atoms with Gasteiger partial charge >= 0.3 is 0 Å². The van der Waals surface area contributed by atoms with Crippen molar-refractivity contribution in [2.45, 2.75) is 51.4 Å². The number of hydrogen-bond acceptors (Lipinski definition) is 2. The van der Waals surface area contributed by atoms with Crippen LogP contribution in [0.3, 0.4) is 0 Å². The van der Waals surface area contributed by atoms with E-state index in [0.717, 1.165) is 24.9 Å². The maximum absolute atomic E-state index is 6.27. The molecule has 0 spiro atoms. The molecule has 1 heterocycles. The molecule has 2 N–H and O–H groups in total. The van der Waals surface area contributed by atoms with Crippen LogP contribution in [0, 0.1) is 0 Å². The molecule has 0 amide bonds. The van der Waals surface area contributed by atoms with E-state index in [1.165, 1.54) is 35.4 Å². The molecule has 0 unspecified atom stereocenters. The number of rotatable bonds is 0. The lowest BCUT2D eigenvalue weighted by Gasteiger charge is -2.19. The highest BCUT2D eigenvalue weighted by molar-refractivity contribution is 5.61. The average Bonchev–Trinajstić information content (AvgIpc) is 2.73. The number of nitrogens with two attached hydrogens (primary N) is 1. The van der Waals surface area contributed by atoms with Crippen LogP contribution in [0.4, 0.5) is 5.69 Å². The van der Waals surface area contributed by atoms with Crippen LogP contribution in [0.5, 0.6) is 0 Å². The van der Waals surface area contributed by atoms with E-state index in [0.29, 0.717) is 0 Å². The van der Waals surface area contributed by atoms with Crippen LogP contribution in [-0.4, -0.2) is 4.98 Å². The minimum absolute atomic E-state index is 0.237. The van der Waals surface area contributed by atoms with Gasteiger partial charge in [0.1, 0.15) is 0 Å². The largest absolute Gasteiger partial charge is 0.398 e. The third kappa shape index (κ3) is 1.14. The molecule has 0 fully saturated rings. The van der Waals surface area contributed by atoms with E-state index in [1.54, 1.807) is 0 Å². The van der Waals surface area contributed by atoms with Crippen LogP contribution in [0.15, 0.2) is 0 Å². The van der Waals surface area contributed by atoms with Gasteiger partial charge in [0.05, 0.1) is 5.69 Å². The van der Waals surface area contributed by atoms with E-state index in [4.69, 9.17) is 10.7 Å². The van der Waals surface area contributed by atoms with Crippen LogP contribution in [-0.2, 0) is 24.7 Å². The van der Waals surface area contributed by atoms with Crippen LogP contribution < -0.4 is 5.73 Å². The molecule has 2 nitrogen and oxygen atoms in total. The molecular formula is C13H18N2. The highest BCUT2D eigenvalue weighted by Crippen LogP contribution is 2.42. The highest BCUT2D eigenvalue weighted by atomic mass is 14.8. The quantitative estimate of drug-likeness (QED) is 0.701. The SMILES string of the molecule is CC1(C)CCc2c1nc1c(c2N)CCC1. The van der Waals surface area contributed by atoms with Crippen LogP contribution in [0.25, 0.3) is 0 Å². The summed E-state index contributed by atoms with van der Waals surface area (Å²) in [7, 11) is 0. The lowest BCUT2D eigenvalue weighted by atomic mass is 9.90. The lowest BCUT2D eigenvalue weighted by molar-refractivity contribution is 0.508. The normalized spacial score (nSPS) is 21.5. The van der Waals surface area contributed by atoms with Crippen molar-refractivity contribution in [2.75, 3.05) is 5.73 Å². The Morgan fingerprint density at radius 1 is 1.13 bits per heavy atom. The van der Waals surface area contributed by atoms with Gasteiger partial charge in [-0.1, -0.05) is 13.8 Å². The van der Waals surface area contributed by atoms with Crippen molar-refractivity contribution < 1.29 is 0 Å². The number of aromatic nitrogens is 1. The van der Waals surface area contributed by atoms with Gasteiger partial charge in [-0.25, -0.2) is 0 Å². The smallest absolute Gasteiger partial charge is 0.0515 e. The predicted octanol–water partition coefficient (Wildman–Crippen LogP) is 2.38. The summed E-state index contributed by atoms with van der Waals surface area (Å²) in [5.74, 6) is 0. The van der Waals surface area contributed by atoms with Gasteiger partial charge in [-0.15, -0.1) is 0 Å². The second kappa shape index (κ2) is 2.75. The molecule has 2 aliphatic rings. The van der Waals surface area contributed by atoms with Crippen molar-refractivity contribution in [1.29, 1.82) is 0 Å². The summed E-state index contributed by atoms with van der Waals surface area (Å²) in [6.45, 7) is 4.57. The molecule has 0 aromatic carbocycles. The molecule has 1 aromatic rings. The molecule has 0 aliphatic heterocycles. The third-order valence-electron chi connectivity index (χ3n) is 4.01. The Labute approximate surface area is 90.9 Å². The topological polar surface area (TPSA) is 38.9 Å². The molecule has 1 aromatic heterocycles. The zero-order valence-corrected chi connectivity index (χ0v) is 9.56. The standard InChI is InChI=1S/C13H18N2/c1-13(2)7-6-9-11(14)8-4-3-5-10(8)15-12(9)13/h3-7H2,1-2H3,(H2,14,15). The van der Waals surface area contributed by atoms with Crippen molar-refractivity contribution >= 4 is 5.69 Å². The molecule has 0 radical (unpaired) electrons. The minimum Gasteiger partial charge on any atom is -0.398 e.